The van der Waals surface area contributed by atoms with E-state index in [0.717, 1.165) is 25.8 Å². The number of hydrogen-bond acceptors (Lipinski definition) is 4. The van der Waals surface area contributed by atoms with Crippen LogP contribution in [0, 0.1) is 5.92 Å². The lowest BCUT2D eigenvalue weighted by Gasteiger charge is -2.28. The predicted octanol–water partition coefficient (Wildman–Crippen LogP) is 1.57. The quantitative estimate of drug-likeness (QED) is 0.752. The fraction of sp³-hybridized carbons (Fsp3) is 0.867. The molecule has 5 heteroatoms. The van der Waals surface area contributed by atoms with E-state index in [-0.39, 0.29) is 24.5 Å². The van der Waals surface area contributed by atoms with Crippen LogP contribution in [0.25, 0.3) is 0 Å². The van der Waals surface area contributed by atoms with E-state index in [1.807, 2.05) is 13.8 Å². The van der Waals surface area contributed by atoms with Gasteiger partial charge in [-0.05, 0) is 32.2 Å². The van der Waals surface area contributed by atoms with Crippen molar-refractivity contribution < 1.29 is 14.3 Å². The number of nitrogens with zero attached hydrogens (tertiary/aromatic N) is 1. The van der Waals surface area contributed by atoms with Crippen LogP contribution in [0.2, 0.25) is 0 Å². The summed E-state index contributed by atoms with van der Waals surface area (Å²) in [5.74, 6) is 0.0444. The summed E-state index contributed by atoms with van der Waals surface area (Å²) in [6, 6.07) is -0.148. The zero-order chi connectivity index (χ0) is 15.0. The first kappa shape index (κ1) is 17.0. The van der Waals surface area contributed by atoms with E-state index in [1.165, 1.54) is 6.42 Å². The van der Waals surface area contributed by atoms with Gasteiger partial charge in [-0.2, -0.15) is 0 Å². The molecule has 5 nitrogen and oxygen atoms in total. The number of esters is 1. The van der Waals surface area contributed by atoms with E-state index in [1.54, 1.807) is 11.8 Å². The van der Waals surface area contributed by atoms with Crippen LogP contribution in [0.4, 0.5) is 0 Å². The summed E-state index contributed by atoms with van der Waals surface area (Å²) >= 11 is 0. The summed E-state index contributed by atoms with van der Waals surface area (Å²) in [5, 5.41) is 3.30. The molecule has 1 fully saturated rings. The molecule has 1 rings (SSSR count). The Morgan fingerprint density at radius 2 is 2.05 bits per heavy atom. The van der Waals surface area contributed by atoms with Crippen molar-refractivity contribution >= 4 is 11.9 Å². The van der Waals surface area contributed by atoms with Crippen molar-refractivity contribution in [2.75, 3.05) is 26.2 Å². The Kier molecular flexibility index (Phi) is 7.59. The van der Waals surface area contributed by atoms with Gasteiger partial charge >= 0.3 is 5.97 Å². The van der Waals surface area contributed by atoms with Crippen LogP contribution in [0.15, 0.2) is 0 Å². The summed E-state index contributed by atoms with van der Waals surface area (Å²) in [6.45, 7) is 7.76. The highest BCUT2D eigenvalue weighted by Crippen LogP contribution is 2.12. The Hall–Kier alpha value is -1.10. The fourth-order valence-corrected chi connectivity index (χ4v) is 2.50. The SMILES string of the molecule is CCOC(=O)CN(CC(C)C)C(=O)C1CCCCCN1. The number of ether oxygens (including phenoxy) is 1. The number of rotatable bonds is 6. The molecule has 1 N–H and O–H groups in total. The zero-order valence-electron chi connectivity index (χ0n) is 13.0. The smallest absolute Gasteiger partial charge is 0.325 e. The Morgan fingerprint density at radius 3 is 2.70 bits per heavy atom. The maximum Gasteiger partial charge on any atom is 0.325 e. The van der Waals surface area contributed by atoms with Gasteiger partial charge in [0.05, 0.1) is 12.6 Å². The largest absolute Gasteiger partial charge is 0.465 e. The van der Waals surface area contributed by atoms with E-state index >= 15 is 0 Å². The van der Waals surface area contributed by atoms with Crippen molar-refractivity contribution in [3.05, 3.63) is 0 Å². The first-order chi connectivity index (χ1) is 9.54. The van der Waals surface area contributed by atoms with Gasteiger partial charge in [-0.3, -0.25) is 9.59 Å². The molecule has 0 saturated carbocycles. The minimum absolute atomic E-state index is 0.0358. The van der Waals surface area contributed by atoms with Gasteiger partial charge in [0, 0.05) is 6.54 Å². The standard InChI is InChI=1S/C15H28N2O3/c1-4-20-14(18)11-17(10-12(2)3)15(19)13-8-6-5-7-9-16-13/h12-13,16H,4-11H2,1-3H3. The number of amides is 1. The highest BCUT2D eigenvalue weighted by molar-refractivity contribution is 5.85. The Morgan fingerprint density at radius 1 is 1.30 bits per heavy atom. The number of carbonyl (C=O) groups is 2. The second kappa shape index (κ2) is 8.95. The van der Waals surface area contributed by atoms with E-state index in [4.69, 9.17) is 4.74 Å². The third kappa shape index (κ3) is 5.90. The average Bonchev–Trinajstić information content (AvgIpc) is 2.65. The fourth-order valence-electron chi connectivity index (χ4n) is 2.50. The lowest BCUT2D eigenvalue weighted by atomic mass is 10.1. The van der Waals surface area contributed by atoms with Crippen molar-refractivity contribution in [3.63, 3.8) is 0 Å². The summed E-state index contributed by atoms with van der Waals surface area (Å²) in [4.78, 5) is 25.9. The van der Waals surface area contributed by atoms with E-state index in [9.17, 15) is 9.59 Å². The zero-order valence-corrected chi connectivity index (χ0v) is 13.0. The molecule has 1 atom stereocenters. The third-order valence-electron chi connectivity index (χ3n) is 3.38. The Labute approximate surface area is 122 Å². The molecular formula is C15H28N2O3. The lowest BCUT2D eigenvalue weighted by Crippen LogP contribution is -2.49. The minimum atomic E-state index is -0.324. The van der Waals surface area contributed by atoms with E-state index in [2.05, 4.69) is 5.32 Å². The first-order valence-electron chi connectivity index (χ1n) is 7.72. The van der Waals surface area contributed by atoms with Gasteiger partial charge in [-0.15, -0.1) is 0 Å². The Balaban J connectivity index is 2.64. The minimum Gasteiger partial charge on any atom is -0.465 e. The maximum atomic E-state index is 12.6. The highest BCUT2D eigenvalue weighted by atomic mass is 16.5. The molecule has 0 aliphatic carbocycles. The second-order valence-electron chi connectivity index (χ2n) is 5.77. The molecule has 0 aromatic heterocycles. The molecule has 0 aromatic rings. The summed E-state index contributed by atoms with van der Waals surface area (Å²) < 4.78 is 4.96. The van der Waals surface area contributed by atoms with Gasteiger partial charge in [0.1, 0.15) is 6.54 Å². The normalized spacial score (nSPS) is 19.5. The van der Waals surface area contributed by atoms with Gasteiger partial charge in [0.25, 0.3) is 0 Å². The predicted molar refractivity (Wildman–Crippen MR) is 78.3 cm³/mol. The molecule has 0 bridgehead atoms. The van der Waals surface area contributed by atoms with E-state index < -0.39 is 0 Å². The van der Waals surface area contributed by atoms with Crippen LogP contribution < -0.4 is 5.32 Å². The van der Waals surface area contributed by atoms with Gasteiger partial charge < -0.3 is 15.0 Å². The van der Waals surface area contributed by atoms with Crippen LogP contribution in [0.5, 0.6) is 0 Å². The second-order valence-corrected chi connectivity index (χ2v) is 5.77. The number of carbonyl (C=O) groups excluding carboxylic acids is 2. The molecule has 1 unspecified atom stereocenters. The van der Waals surface area contributed by atoms with Crippen LogP contribution in [-0.4, -0.2) is 49.1 Å². The molecule has 1 amide bonds. The molecule has 0 spiro atoms. The van der Waals surface area contributed by atoms with Crippen LogP contribution >= 0.6 is 0 Å². The van der Waals surface area contributed by atoms with E-state index in [0.29, 0.717) is 19.1 Å². The third-order valence-corrected chi connectivity index (χ3v) is 3.38. The van der Waals surface area contributed by atoms with Crippen molar-refractivity contribution in [2.45, 2.75) is 52.5 Å². The maximum absolute atomic E-state index is 12.6. The molecule has 20 heavy (non-hydrogen) atoms. The van der Waals surface area contributed by atoms with Crippen molar-refractivity contribution in [2.24, 2.45) is 5.92 Å². The van der Waals surface area contributed by atoms with Crippen molar-refractivity contribution in [1.29, 1.82) is 0 Å². The molecule has 1 aliphatic heterocycles. The molecule has 1 heterocycles. The van der Waals surface area contributed by atoms with Crippen molar-refractivity contribution in [1.82, 2.24) is 10.2 Å². The van der Waals surface area contributed by atoms with Gasteiger partial charge in [0.2, 0.25) is 5.91 Å². The molecular weight excluding hydrogens is 256 g/mol. The molecule has 1 saturated heterocycles. The number of nitrogens with one attached hydrogen (secondary N) is 1. The van der Waals surface area contributed by atoms with Gasteiger partial charge in [-0.1, -0.05) is 26.7 Å². The first-order valence-corrected chi connectivity index (χ1v) is 7.72. The average molecular weight is 284 g/mol. The van der Waals surface area contributed by atoms with Crippen LogP contribution in [-0.2, 0) is 14.3 Å². The molecule has 0 radical (unpaired) electrons. The molecule has 116 valence electrons. The van der Waals surface area contributed by atoms with Gasteiger partial charge in [-0.25, -0.2) is 0 Å². The summed E-state index contributed by atoms with van der Waals surface area (Å²) in [7, 11) is 0. The summed E-state index contributed by atoms with van der Waals surface area (Å²) in [6.07, 6.45) is 4.21. The monoisotopic (exact) mass is 284 g/mol. The summed E-state index contributed by atoms with van der Waals surface area (Å²) in [5.41, 5.74) is 0. The number of hydrogen-bond donors (Lipinski definition) is 1. The Bertz CT molecular complexity index is 310. The van der Waals surface area contributed by atoms with Crippen LogP contribution in [0.3, 0.4) is 0 Å². The van der Waals surface area contributed by atoms with Crippen molar-refractivity contribution in [3.8, 4) is 0 Å². The lowest BCUT2D eigenvalue weighted by molar-refractivity contribution is -0.150. The molecule has 0 aromatic carbocycles. The topological polar surface area (TPSA) is 58.6 Å². The molecule has 1 aliphatic rings. The van der Waals surface area contributed by atoms with Gasteiger partial charge in [0.15, 0.2) is 0 Å². The van der Waals surface area contributed by atoms with Crippen LogP contribution in [0.1, 0.15) is 46.5 Å². The highest BCUT2D eigenvalue weighted by Gasteiger charge is 2.27.